The van der Waals surface area contributed by atoms with Gasteiger partial charge < -0.3 is 10.4 Å². The van der Waals surface area contributed by atoms with Crippen LogP contribution in [0.5, 0.6) is 0 Å². The molecule has 8 heteroatoms. The molecule has 1 atom stereocenters. The van der Waals surface area contributed by atoms with E-state index >= 15 is 0 Å². The quantitative estimate of drug-likeness (QED) is 0.634. The second-order valence-corrected chi connectivity index (χ2v) is 5.20. The van der Waals surface area contributed by atoms with E-state index in [0.29, 0.717) is 11.1 Å². The fourth-order valence-electron chi connectivity index (χ4n) is 2.32. The van der Waals surface area contributed by atoms with Crippen LogP contribution in [0.2, 0.25) is 0 Å². The standard InChI is InChI=1S/C16H15F3N2O3/c1-10-11(5-4-8-14(10)21(23)24)9-20-13-7-3-2-6-12(13)15(22)16(17,18)19/h2-8,15,20,22H,9H2,1H3/t15-/m0/s1. The number of hydrogen-bond acceptors (Lipinski definition) is 4. The Labute approximate surface area is 135 Å². The van der Waals surface area contributed by atoms with E-state index in [-0.39, 0.29) is 23.5 Å². The number of rotatable bonds is 5. The van der Waals surface area contributed by atoms with Crippen LogP contribution < -0.4 is 5.32 Å². The van der Waals surface area contributed by atoms with Crippen LogP contribution in [0, 0.1) is 17.0 Å². The zero-order valence-corrected chi connectivity index (χ0v) is 12.7. The van der Waals surface area contributed by atoms with Crippen molar-refractivity contribution >= 4 is 11.4 Å². The van der Waals surface area contributed by atoms with Gasteiger partial charge in [-0.1, -0.05) is 30.3 Å². The predicted octanol–water partition coefficient (Wildman–Crippen LogP) is 4.11. The summed E-state index contributed by atoms with van der Waals surface area (Å²) >= 11 is 0. The minimum atomic E-state index is -4.78. The third kappa shape index (κ3) is 3.83. The van der Waals surface area contributed by atoms with Gasteiger partial charge in [0.05, 0.1) is 4.92 Å². The van der Waals surface area contributed by atoms with Crippen LogP contribution in [-0.4, -0.2) is 16.2 Å². The third-order valence-corrected chi connectivity index (χ3v) is 3.65. The summed E-state index contributed by atoms with van der Waals surface area (Å²) in [5.74, 6) is 0. The first-order chi connectivity index (χ1) is 11.2. The lowest BCUT2D eigenvalue weighted by Gasteiger charge is -2.19. The van der Waals surface area contributed by atoms with E-state index in [1.165, 1.54) is 36.4 Å². The van der Waals surface area contributed by atoms with Crippen LogP contribution in [0.25, 0.3) is 0 Å². The van der Waals surface area contributed by atoms with Gasteiger partial charge >= 0.3 is 6.18 Å². The van der Waals surface area contributed by atoms with Crippen LogP contribution >= 0.6 is 0 Å². The van der Waals surface area contributed by atoms with E-state index in [1.54, 1.807) is 13.0 Å². The molecule has 2 rings (SSSR count). The Morgan fingerprint density at radius 1 is 1.21 bits per heavy atom. The van der Waals surface area contributed by atoms with E-state index < -0.39 is 17.2 Å². The first kappa shape index (κ1) is 17.7. The van der Waals surface area contributed by atoms with Gasteiger partial charge in [0.15, 0.2) is 6.10 Å². The number of halogens is 3. The molecule has 0 aliphatic heterocycles. The highest BCUT2D eigenvalue weighted by atomic mass is 19.4. The second-order valence-electron chi connectivity index (χ2n) is 5.20. The van der Waals surface area contributed by atoms with E-state index in [9.17, 15) is 28.4 Å². The number of anilines is 1. The molecule has 0 aromatic heterocycles. The summed E-state index contributed by atoms with van der Waals surface area (Å²) in [4.78, 5) is 10.4. The minimum Gasteiger partial charge on any atom is -0.381 e. The first-order valence-corrected chi connectivity index (χ1v) is 7.02. The van der Waals surface area contributed by atoms with Crippen molar-refractivity contribution in [1.82, 2.24) is 0 Å². The molecule has 24 heavy (non-hydrogen) atoms. The average Bonchev–Trinajstić information content (AvgIpc) is 2.52. The number of nitrogens with one attached hydrogen (secondary N) is 1. The highest BCUT2D eigenvalue weighted by Crippen LogP contribution is 2.36. The molecule has 128 valence electrons. The fraction of sp³-hybridized carbons (Fsp3) is 0.250. The Kier molecular flexibility index (Phi) is 5.08. The Morgan fingerprint density at radius 3 is 2.50 bits per heavy atom. The van der Waals surface area contributed by atoms with Crippen molar-refractivity contribution in [3.8, 4) is 0 Å². The lowest BCUT2D eigenvalue weighted by molar-refractivity contribution is -0.385. The maximum atomic E-state index is 12.7. The van der Waals surface area contributed by atoms with E-state index in [0.717, 1.165) is 0 Å². The van der Waals surface area contributed by atoms with Crippen LogP contribution in [0.1, 0.15) is 22.8 Å². The van der Waals surface area contributed by atoms with Gasteiger partial charge in [-0.15, -0.1) is 0 Å². The van der Waals surface area contributed by atoms with Crippen molar-refractivity contribution < 1.29 is 23.2 Å². The summed E-state index contributed by atoms with van der Waals surface area (Å²) in [5, 5.41) is 23.2. The zero-order valence-electron chi connectivity index (χ0n) is 12.7. The number of benzene rings is 2. The topological polar surface area (TPSA) is 75.4 Å². The maximum Gasteiger partial charge on any atom is 0.418 e. The first-order valence-electron chi connectivity index (χ1n) is 7.02. The van der Waals surface area contributed by atoms with Gasteiger partial charge in [0.25, 0.3) is 5.69 Å². The molecule has 2 aromatic carbocycles. The Bertz CT molecular complexity index is 748. The predicted molar refractivity (Wildman–Crippen MR) is 82.6 cm³/mol. The summed E-state index contributed by atoms with van der Waals surface area (Å²) in [7, 11) is 0. The van der Waals surface area contributed by atoms with Crippen molar-refractivity contribution in [2.24, 2.45) is 0 Å². The van der Waals surface area contributed by atoms with Gasteiger partial charge in [0.2, 0.25) is 0 Å². The molecule has 0 amide bonds. The summed E-state index contributed by atoms with van der Waals surface area (Å²) in [5.41, 5.74) is 0.781. The maximum absolute atomic E-state index is 12.7. The molecule has 0 bridgehead atoms. The van der Waals surface area contributed by atoms with Gasteiger partial charge in [-0.2, -0.15) is 13.2 Å². The molecular formula is C16H15F3N2O3. The van der Waals surface area contributed by atoms with Crippen LogP contribution in [0.3, 0.4) is 0 Å². The van der Waals surface area contributed by atoms with Gasteiger partial charge in [-0.3, -0.25) is 10.1 Å². The number of hydrogen-bond donors (Lipinski definition) is 2. The second kappa shape index (κ2) is 6.88. The molecule has 5 nitrogen and oxygen atoms in total. The van der Waals surface area contributed by atoms with Crippen molar-refractivity contribution in [3.05, 3.63) is 69.3 Å². The monoisotopic (exact) mass is 340 g/mol. The van der Waals surface area contributed by atoms with Crippen LogP contribution in [0.4, 0.5) is 24.5 Å². The highest BCUT2D eigenvalue weighted by Gasteiger charge is 2.40. The molecule has 0 saturated carbocycles. The Balaban J connectivity index is 2.25. The smallest absolute Gasteiger partial charge is 0.381 e. The lowest BCUT2D eigenvalue weighted by atomic mass is 10.0. The molecule has 0 heterocycles. The van der Waals surface area contributed by atoms with Gasteiger partial charge in [-0.05, 0) is 18.6 Å². The molecule has 0 saturated heterocycles. The number of alkyl halides is 3. The number of aliphatic hydroxyl groups is 1. The van der Waals surface area contributed by atoms with Gasteiger partial charge in [-0.25, -0.2) is 0 Å². The number of para-hydroxylation sites is 1. The van der Waals surface area contributed by atoms with Crippen molar-refractivity contribution in [2.45, 2.75) is 25.7 Å². The molecule has 0 aliphatic rings. The van der Waals surface area contributed by atoms with E-state index in [4.69, 9.17) is 0 Å². The molecule has 0 unspecified atom stereocenters. The van der Waals surface area contributed by atoms with Crippen LogP contribution in [0.15, 0.2) is 42.5 Å². The molecule has 0 spiro atoms. The largest absolute Gasteiger partial charge is 0.418 e. The normalized spacial score (nSPS) is 12.7. The fourth-order valence-corrected chi connectivity index (χ4v) is 2.32. The average molecular weight is 340 g/mol. The molecular weight excluding hydrogens is 325 g/mol. The van der Waals surface area contributed by atoms with E-state index in [2.05, 4.69) is 5.32 Å². The summed E-state index contributed by atoms with van der Waals surface area (Å²) in [6.45, 7) is 1.67. The van der Waals surface area contributed by atoms with Crippen molar-refractivity contribution in [2.75, 3.05) is 5.32 Å². The molecule has 2 aromatic rings. The number of nitrogens with zero attached hydrogens (tertiary/aromatic N) is 1. The van der Waals surface area contributed by atoms with Crippen LogP contribution in [-0.2, 0) is 6.54 Å². The third-order valence-electron chi connectivity index (χ3n) is 3.65. The number of aliphatic hydroxyl groups excluding tert-OH is 1. The van der Waals surface area contributed by atoms with Crippen molar-refractivity contribution in [3.63, 3.8) is 0 Å². The number of nitro benzene ring substituents is 1. The van der Waals surface area contributed by atoms with E-state index in [1.807, 2.05) is 0 Å². The summed E-state index contributed by atoms with van der Waals surface area (Å²) in [6, 6.07) is 10.1. The zero-order chi connectivity index (χ0) is 17.9. The Hall–Kier alpha value is -2.61. The Morgan fingerprint density at radius 2 is 1.88 bits per heavy atom. The number of nitro groups is 1. The van der Waals surface area contributed by atoms with Gasteiger partial charge in [0, 0.05) is 29.4 Å². The summed E-state index contributed by atoms with van der Waals surface area (Å²) < 4.78 is 38.2. The van der Waals surface area contributed by atoms with Gasteiger partial charge in [0.1, 0.15) is 0 Å². The molecule has 0 fully saturated rings. The highest BCUT2D eigenvalue weighted by molar-refractivity contribution is 5.54. The summed E-state index contributed by atoms with van der Waals surface area (Å²) in [6.07, 6.45) is -7.38. The molecule has 0 radical (unpaired) electrons. The molecule has 0 aliphatic carbocycles. The minimum absolute atomic E-state index is 0.0575. The molecule has 2 N–H and O–H groups in total. The van der Waals surface area contributed by atoms with Crippen molar-refractivity contribution in [1.29, 1.82) is 0 Å². The SMILES string of the molecule is Cc1c(CNc2ccccc2[C@H](O)C(F)(F)F)cccc1[N+](=O)[O-]. The lowest BCUT2D eigenvalue weighted by Crippen LogP contribution is -2.21.